The van der Waals surface area contributed by atoms with Gasteiger partial charge in [-0.2, -0.15) is 0 Å². The third-order valence-electron chi connectivity index (χ3n) is 2.94. The lowest BCUT2D eigenvalue weighted by Crippen LogP contribution is -2.42. The number of carbonyl (C=O) groups excluding carboxylic acids is 1. The largest absolute Gasteiger partial charge is 0.480 e. The fraction of sp³-hybridized carbons (Fsp3) is 0.333. The monoisotopic (exact) mass is 252 g/mol. The summed E-state index contributed by atoms with van der Waals surface area (Å²) < 4.78 is 13.2. The first-order valence-corrected chi connectivity index (χ1v) is 5.58. The second kappa shape index (κ2) is 4.64. The zero-order chi connectivity index (χ0) is 13.3. The SMILES string of the molecule is Nc1c(F)cccc1C(=O)NC(C(=O)O)C1CC1. The Balaban J connectivity index is 2.16. The minimum absolute atomic E-state index is 0.0399. The van der Waals surface area contributed by atoms with Crippen molar-refractivity contribution >= 4 is 17.6 Å². The van der Waals surface area contributed by atoms with E-state index in [1.807, 2.05) is 0 Å². The standard InChI is InChI=1S/C12H13FN2O3/c13-8-3-1-2-7(9(8)14)11(16)15-10(12(17)18)6-4-5-6/h1-3,6,10H,4-5,14H2,(H,15,16)(H,17,18). The number of nitrogen functional groups attached to an aromatic ring is 1. The first-order valence-electron chi connectivity index (χ1n) is 5.58. The van der Waals surface area contributed by atoms with Crippen molar-refractivity contribution in [3.63, 3.8) is 0 Å². The van der Waals surface area contributed by atoms with Crippen LogP contribution in [0.25, 0.3) is 0 Å². The van der Waals surface area contributed by atoms with Gasteiger partial charge in [0, 0.05) is 0 Å². The van der Waals surface area contributed by atoms with E-state index in [2.05, 4.69) is 5.32 Å². The maximum atomic E-state index is 13.2. The molecule has 1 aliphatic rings. The van der Waals surface area contributed by atoms with Gasteiger partial charge in [-0.25, -0.2) is 9.18 Å². The number of hydrogen-bond donors (Lipinski definition) is 3. The Morgan fingerprint density at radius 3 is 2.67 bits per heavy atom. The van der Waals surface area contributed by atoms with E-state index in [0.29, 0.717) is 0 Å². The molecular weight excluding hydrogens is 239 g/mol. The molecule has 6 heteroatoms. The lowest BCUT2D eigenvalue weighted by Gasteiger charge is -2.14. The van der Waals surface area contributed by atoms with Crippen LogP contribution in [0.4, 0.5) is 10.1 Å². The maximum absolute atomic E-state index is 13.2. The van der Waals surface area contributed by atoms with Crippen LogP contribution in [0.1, 0.15) is 23.2 Å². The number of nitrogens with two attached hydrogens (primary N) is 1. The third-order valence-corrected chi connectivity index (χ3v) is 2.94. The average Bonchev–Trinajstić information content (AvgIpc) is 3.13. The minimum atomic E-state index is -1.08. The highest BCUT2D eigenvalue weighted by molar-refractivity contribution is 6.01. The molecule has 0 aromatic heterocycles. The summed E-state index contributed by atoms with van der Waals surface area (Å²) in [4.78, 5) is 22.8. The quantitative estimate of drug-likeness (QED) is 0.697. The summed E-state index contributed by atoms with van der Waals surface area (Å²) >= 11 is 0. The third kappa shape index (κ3) is 2.42. The number of carboxylic acids is 1. The molecule has 1 aliphatic carbocycles. The van der Waals surface area contributed by atoms with Crippen molar-refractivity contribution in [1.29, 1.82) is 0 Å². The van der Waals surface area contributed by atoms with Gasteiger partial charge in [0.05, 0.1) is 11.3 Å². The summed E-state index contributed by atoms with van der Waals surface area (Å²) in [7, 11) is 0. The van der Waals surface area contributed by atoms with Crippen molar-refractivity contribution in [3.8, 4) is 0 Å². The van der Waals surface area contributed by atoms with Crippen LogP contribution in [0.3, 0.4) is 0 Å². The van der Waals surface area contributed by atoms with Gasteiger partial charge in [0.15, 0.2) is 0 Å². The number of para-hydroxylation sites is 1. The first-order chi connectivity index (χ1) is 8.50. The molecule has 4 N–H and O–H groups in total. The highest BCUT2D eigenvalue weighted by Gasteiger charge is 2.37. The molecule has 1 unspecified atom stereocenters. The highest BCUT2D eigenvalue weighted by Crippen LogP contribution is 2.33. The number of nitrogens with one attached hydrogen (secondary N) is 1. The van der Waals surface area contributed by atoms with Crippen molar-refractivity contribution in [3.05, 3.63) is 29.6 Å². The molecule has 18 heavy (non-hydrogen) atoms. The minimum Gasteiger partial charge on any atom is -0.480 e. The molecule has 0 aliphatic heterocycles. The van der Waals surface area contributed by atoms with Crippen molar-refractivity contribution < 1.29 is 19.1 Å². The van der Waals surface area contributed by atoms with E-state index >= 15 is 0 Å². The number of hydrogen-bond acceptors (Lipinski definition) is 3. The lowest BCUT2D eigenvalue weighted by molar-refractivity contribution is -0.139. The van der Waals surface area contributed by atoms with Crippen LogP contribution in [0, 0.1) is 11.7 Å². The molecule has 1 atom stereocenters. The fourth-order valence-corrected chi connectivity index (χ4v) is 1.76. The molecule has 1 aromatic carbocycles. The van der Waals surface area contributed by atoms with Crippen molar-refractivity contribution in [1.82, 2.24) is 5.32 Å². The molecular formula is C12H13FN2O3. The van der Waals surface area contributed by atoms with Crippen LogP contribution in [0.5, 0.6) is 0 Å². The van der Waals surface area contributed by atoms with E-state index in [9.17, 15) is 14.0 Å². The smallest absolute Gasteiger partial charge is 0.326 e. The van der Waals surface area contributed by atoms with Crippen LogP contribution >= 0.6 is 0 Å². The molecule has 0 radical (unpaired) electrons. The zero-order valence-corrected chi connectivity index (χ0v) is 9.52. The molecule has 0 bridgehead atoms. The first kappa shape index (κ1) is 12.3. The summed E-state index contributed by atoms with van der Waals surface area (Å²) in [6.07, 6.45) is 1.55. The molecule has 0 spiro atoms. The van der Waals surface area contributed by atoms with E-state index in [0.717, 1.165) is 18.9 Å². The van der Waals surface area contributed by atoms with Gasteiger partial charge in [0.2, 0.25) is 0 Å². The van der Waals surface area contributed by atoms with Gasteiger partial charge in [0.1, 0.15) is 11.9 Å². The number of rotatable bonds is 4. The van der Waals surface area contributed by atoms with Crippen molar-refractivity contribution in [2.24, 2.45) is 5.92 Å². The van der Waals surface area contributed by atoms with Gasteiger partial charge < -0.3 is 16.2 Å². The molecule has 1 aromatic rings. The van der Waals surface area contributed by atoms with Crippen LogP contribution in [-0.2, 0) is 4.79 Å². The number of carbonyl (C=O) groups is 2. The molecule has 96 valence electrons. The Hall–Kier alpha value is -2.11. The summed E-state index contributed by atoms with van der Waals surface area (Å²) in [6.45, 7) is 0. The summed E-state index contributed by atoms with van der Waals surface area (Å²) in [6, 6.07) is 2.93. The van der Waals surface area contributed by atoms with E-state index in [-0.39, 0.29) is 17.2 Å². The predicted molar refractivity (Wildman–Crippen MR) is 62.4 cm³/mol. The van der Waals surface area contributed by atoms with Gasteiger partial charge in [-0.15, -0.1) is 0 Å². The number of halogens is 1. The Labute approximate surface area is 103 Å². The molecule has 5 nitrogen and oxygen atoms in total. The van der Waals surface area contributed by atoms with E-state index in [1.165, 1.54) is 12.1 Å². The predicted octanol–water partition coefficient (Wildman–Crippen LogP) is 1.00. The molecule has 0 saturated heterocycles. The lowest BCUT2D eigenvalue weighted by atomic mass is 10.1. The fourth-order valence-electron chi connectivity index (χ4n) is 1.76. The Morgan fingerprint density at radius 1 is 1.44 bits per heavy atom. The van der Waals surface area contributed by atoms with Crippen LogP contribution in [-0.4, -0.2) is 23.0 Å². The van der Waals surface area contributed by atoms with Crippen LogP contribution in [0.15, 0.2) is 18.2 Å². The number of benzene rings is 1. The van der Waals surface area contributed by atoms with E-state index in [1.54, 1.807) is 0 Å². The van der Waals surface area contributed by atoms with Crippen LogP contribution in [0.2, 0.25) is 0 Å². The zero-order valence-electron chi connectivity index (χ0n) is 9.52. The maximum Gasteiger partial charge on any atom is 0.326 e. The number of carboxylic acid groups (broad SMARTS) is 1. The second-order valence-corrected chi connectivity index (χ2v) is 4.33. The molecule has 1 amide bonds. The van der Waals surface area contributed by atoms with Crippen LogP contribution < -0.4 is 11.1 Å². The van der Waals surface area contributed by atoms with Crippen molar-refractivity contribution in [2.75, 3.05) is 5.73 Å². The van der Waals surface area contributed by atoms with E-state index < -0.39 is 23.7 Å². The summed E-state index contributed by atoms with van der Waals surface area (Å²) in [5.74, 6) is -2.48. The van der Waals surface area contributed by atoms with Gasteiger partial charge in [-0.3, -0.25) is 4.79 Å². The Morgan fingerprint density at radius 2 is 2.11 bits per heavy atom. The highest BCUT2D eigenvalue weighted by atomic mass is 19.1. The van der Waals surface area contributed by atoms with Gasteiger partial charge in [-0.1, -0.05) is 6.07 Å². The molecule has 1 fully saturated rings. The van der Waals surface area contributed by atoms with Gasteiger partial charge >= 0.3 is 5.97 Å². The van der Waals surface area contributed by atoms with E-state index in [4.69, 9.17) is 10.8 Å². The summed E-state index contributed by atoms with van der Waals surface area (Å²) in [5, 5.41) is 11.4. The Kier molecular flexibility index (Phi) is 3.18. The number of anilines is 1. The summed E-state index contributed by atoms with van der Waals surface area (Å²) in [5.41, 5.74) is 5.14. The van der Waals surface area contributed by atoms with Gasteiger partial charge in [0.25, 0.3) is 5.91 Å². The van der Waals surface area contributed by atoms with Crippen molar-refractivity contribution in [2.45, 2.75) is 18.9 Å². The molecule has 0 heterocycles. The topological polar surface area (TPSA) is 92.4 Å². The number of aliphatic carboxylic acids is 1. The number of amides is 1. The molecule has 2 rings (SSSR count). The Bertz CT molecular complexity index is 500. The van der Waals surface area contributed by atoms with Gasteiger partial charge in [-0.05, 0) is 30.9 Å². The normalized spacial score (nSPS) is 16.1. The molecule has 1 saturated carbocycles. The average molecular weight is 252 g/mol. The second-order valence-electron chi connectivity index (χ2n) is 4.33.